The van der Waals surface area contributed by atoms with Gasteiger partial charge in [-0.1, -0.05) is 0 Å². The maximum absolute atomic E-state index is 11.8. The van der Waals surface area contributed by atoms with Crippen molar-refractivity contribution in [1.29, 1.82) is 0 Å². The van der Waals surface area contributed by atoms with Gasteiger partial charge in [-0.05, 0) is 25.6 Å². The number of aromatic nitrogens is 2. The van der Waals surface area contributed by atoms with Gasteiger partial charge in [-0.15, -0.1) is 0 Å². The summed E-state index contributed by atoms with van der Waals surface area (Å²) in [5.74, 6) is 2.06. The summed E-state index contributed by atoms with van der Waals surface area (Å²) >= 11 is 0. The van der Waals surface area contributed by atoms with Gasteiger partial charge in [0.2, 0.25) is 5.95 Å². The lowest BCUT2D eigenvalue weighted by atomic mass is 10.2. The molecule has 0 radical (unpaired) electrons. The zero-order chi connectivity index (χ0) is 18.7. The van der Waals surface area contributed by atoms with Crippen molar-refractivity contribution in [3.63, 3.8) is 0 Å². The van der Waals surface area contributed by atoms with Crippen LogP contribution in [0.1, 0.15) is 23.6 Å². The van der Waals surface area contributed by atoms with Crippen LogP contribution in [0.2, 0.25) is 0 Å². The lowest BCUT2D eigenvalue weighted by Crippen LogP contribution is -2.34. The van der Waals surface area contributed by atoms with Gasteiger partial charge in [-0.3, -0.25) is 19.6 Å². The number of nitrogens with one attached hydrogen (secondary N) is 1. The van der Waals surface area contributed by atoms with Gasteiger partial charge in [0.15, 0.2) is 0 Å². The summed E-state index contributed by atoms with van der Waals surface area (Å²) in [6.07, 6.45) is 1.06. The Morgan fingerprint density at radius 1 is 1.35 bits per heavy atom. The third-order valence-corrected chi connectivity index (χ3v) is 4.74. The summed E-state index contributed by atoms with van der Waals surface area (Å²) in [6, 6.07) is 5.71. The second-order valence-electron chi connectivity index (χ2n) is 7.07. The van der Waals surface area contributed by atoms with Gasteiger partial charge < -0.3 is 14.4 Å². The first-order valence-corrected chi connectivity index (χ1v) is 8.83. The van der Waals surface area contributed by atoms with Gasteiger partial charge in [0.25, 0.3) is 5.56 Å². The Kier molecular flexibility index (Phi) is 5.75. The molecule has 1 saturated heterocycles. The fourth-order valence-electron chi connectivity index (χ4n) is 3.30. The number of aliphatic hydroxyl groups excluding tert-OH is 1. The molecule has 8 nitrogen and oxygen atoms in total. The number of hydrogen-bond acceptors (Lipinski definition) is 7. The van der Waals surface area contributed by atoms with E-state index in [1.165, 1.54) is 0 Å². The largest absolute Gasteiger partial charge is 0.462 e. The molecule has 1 atom stereocenters. The number of H-pyrrole nitrogens is 1. The van der Waals surface area contributed by atoms with Crippen molar-refractivity contribution in [2.24, 2.45) is 0 Å². The number of nitrogens with zero attached hydrogens (tertiary/aromatic N) is 4. The van der Waals surface area contributed by atoms with Gasteiger partial charge >= 0.3 is 0 Å². The molecule has 0 bridgehead atoms. The maximum atomic E-state index is 11.8. The van der Waals surface area contributed by atoms with Crippen LogP contribution in [0.25, 0.3) is 0 Å². The summed E-state index contributed by atoms with van der Waals surface area (Å²) in [5, 5.41) is 9.09. The van der Waals surface area contributed by atoms with Crippen LogP contribution >= 0.6 is 0 Å². The molecular weight excluding hydrogens is 334 g/mol. The van der Waals surface area contributed by atoms with E-state index in [4.69, 9.17) is 9.52 Å². The summed E-state index contributed by atoms with van der Waals surface area (Å²) in [5.41, 5.74) is 0.648. The van der Waals surface area contributed by atoms with Gasteiger partial charge in [0.1, 0.15) is 18.1 Å². The van der Waals surface area contributed by atoms with Crippen molar-refractivity contribution in [1.82, 2.24) is 19.8 Å². The third-order valence-electron chi connectivity index (χ3n) is 4.74. The van der Waals surface area contributed by atoms with Crippen molar-refractivity contribution >= 4 is 5.95 Å². The molecule has 0 amide bonds. The molecule has 0 aromatic carbocycles. The SMILES string of the molecule is CN(C)c1nc(CN(C)[C@H]2CCN(Cc3ccc(CO)o3)C2)cc(=O)[nH]1. The van der Waals surface area contributed by atoms with Crippen LogP contribution in [0.4, 0.5) is 5.95 Å². The van der Waals surface area contributed by atoms with Crippen LogP contribution in [-0.2, 0) is 19.7 Å². The van der Waals surface area contributed by atoms with Crippen molar-refractivity contribution < 1.29 is 9.52 Å². The van der Waals surface area contributed by atoms with Crippen LogP contribution in [-0.4, -0.2) is 65.1 Å². The van der Waals surface area contributed by atoms with Gasteiger partial charge in [0.05, 0.1) is 12.2 Å². The highest BCUT2D eigenvalue weighted by atomic mass is 16.4. The van der Waals surface area contributed by atoms with Crippen molar-refractivity contribution in [3.05, 3.63) is 45.8 Å². The Hall–Kier alpha value is -2.16. The molecule has 0 spiro atoms. The predicted octanol–water partition coefficient (Wildman–Crippen LogP) is 0.627. The van der Waals surface area contributed by atoms with E-state index in [1.54, 1.807) is 11.0 Å². The summed E-state index contributed by atoms with van der Waals surface area (Å²) < 4.78 is 5.58. The molecule has 2 aromatic heterocycles. The van der Waals surface area contributed by atoms with E-state index in [0.717, 1.165) is 37.5 Å². The standard InChI is InChI=1S/C18H27N5O3/c1-21(2)18-19-13(8-17(25)20-18)9-22(3)14-6-7-23(10-14)11-15-4-5-16(12-24)26-15/h4-5,8,14,24H,6-7,9-12H2,1-3H3,(H,19,20,25)/t14-/m0/s1. The molecule has 0 aliphatic carbocycles. The zero-order valence-electron chi connectivity index (χ0n) is 15.6. The molecule has 8 heteroatoms. The van der Waals surface area contributed by atoms with Crippen molar-refractivity contribution in [2.45, 2.75) is 32.2 Å². The highest BCUT2D eigenvalue weighted by molar-refractivity contribution is 5.27. The molecule has 2 N–H and O–H groups in total. The van der Waals surface area contributed by atoms with Crippen molar-refractivity contribution in [2.75, 3.05) is 39.1 Å². The molecule has 0 unspecified atom stereocenters. The molecule has 142 valence electrons. The van der Waals surface area contributed by atoms with E-state index in [1.807, 2.05) is 26.2 Å². The Bertz CT molecular complexity index is 785. The minimum absolute atomic E-state index is 0.0660. The van der Waals surface area contributed by atoms with E-state index < -0.39 is 0 Å². The third kappa shape index (κ3) is 4.51. The fraction of sp³-hybridized carbons (Fsp3) is 0.556. The first-order chi connectivity index (χ1) is 12.4. The number of hydrogen-bond donors (Lipinski definition) is 2. The highest BCUT2D eigenvalue weighted by Gasteiger charge is 2.26. The quantitative estimate of drug-likeness (QED) is 0.748. The Balaban J connectivity index is 1.57. The van der Waals surface area contributed by atoms with Crippen LogP contribution in [0, 0.1) is 0 Å². The molecule has 1 fully saturated rings. The van der Waals surface area contributed by atoms with E-state index in [9.17, 15) is 4.79 Å². The van der Waals surface area contributed by atoms with E-state index in [2.05, 4.69) is 26.8 Å². The lowest BCUT2D eigenvalue weighted by molar-refractivity contribution is 0.209. The number of furan rings is 1. The topological polar surface area (TPSA) is 88.8 Å². The van der Waals surface area contributed by atoms with Crippen LogP contribution in [0.3, 0.4) is 0 Å². The normalized spacial score (nSPS) is 18.0. The van der Waals surface area contributed by atoms with E-state index in [0.29, 0.717) is 24.3 Å². The van der Waals surface area contributed by atoms with Crippen LogP contribution in [0.5, 0.6) is 0 Å². The zero-order valence-corrected chi connectivity index (χ0v) is 15.6. The summed E-state index contributed by atoms with van der Waals surface area (Å²) in [6.45, 7) is 3.26. The second-order valence-corrected chi connectivity index (χ2v) is 7.07. The predicted molar refractivity (Wildman–Crippen MR) is 99.0 cm³/mol. The van der Waals surface area contributed by atoms with Crippen molar-refractivity contribution in [3.8, 4) is 0 Å². The lowest BCUT2D eigenvalue weighted by Gasteiger charge is -2.24. The fourth-order valence-corrected chi connectivity index (χ4v) is 3.30. The number of likely N-dealkylation sites (N-methyl/N-ethyl adjacent to an activating group) is 1. The van der Waals surface area contributed by atoms with Gasteiger partial charge in [-0.25, -0.2) is 4.98 Å². The summed E-state index contributed by atoms with van der Waals surface area (Å²) in [7, 11) is 5.79. The number of rotatable bonds is 7. The van der Waals surface area contributed by atoms with E-state index >= 15 is 0 Å². The number of aliphatic hydroxyl groups is 1. The first kappa shape index (κ1) is 18.6. The Morgan fingerprint density at radius 3 is 2.81 bits per heavy atom. The molecule has 26 heavy (non-hydrogen) atoms. The van der Waals surface area contributed by atoms with Gasteiger partial charge in [-0.2, -0.15) is 0 Å². The molecule has 0 saturated carbocycles. The molecule has 1 aliphatic heterocycles. The minimum atomic E-state index is -0.127. The maximum Gasteiger partial charge on any atom is 0.252 e. The van der Waals surface area contributed by atoms with Crippen LogP contribution in [0.15, 0.2) is 27.4 Å². The van der Waals surface area contributed by atoms with Gasteiger partial charge in [0, 0.05) is 45.8 Å². The molecule has 1 aliphatic rings. The molecule has 3 rings (SSSR count). The average molecular weight is 361 g/mol. The first-order valence-electron chi connectivity index (χ1n) is 8.83. The number of anilines is 1. The minimum Gasteiger partial charge on any atom is -0.462 e. The Morgan fingerprint density at radius 2 is 2.12 bits per heavy atom. The van der Waals surface area contributed by atoms with E-state index in [-0.39, 0.29) is 12.2 Å². The monoisotopic (exact) mass is 361 g/mol. The Labute approximate surface area is 153 Å². The molecule has 3 heterocycles. The average Bonchev–Trinajstić information content (AvgIpc) is 3.24. The molecule has 2 aromatic rings. The highest BCUT2D eigenvalue weighted by Crippen LogP contribution is 2.19. The number of likely N-dealkylation sites (tertiary alicyclic amines) is 1. The second kappa shape index (κ2) is 8.03. The number of aromatic amines is 1. The van der Waals surface area contributed by atoms with Crippen LogP contribution < -0.4 is 10.5 Å². The smallest absolute Gasteiger partial charge is 0.252 e. The summed E-state index contributed by atoms with van der Waals surface area (Å²) in [4.78, 5) is 25.5. The molecular formula is C18H27N5O3.